The number of aromatic amines is 1. The Morgan fingerprint density at radius 3 is 2.10 bits per heavy atom. The first-order valence-electron chi connectivity index (χ1n) is 16.2. The summed E-state index contributed by atoms with van der Waals surface area (Å²) >= 11 is 0. The normalized spacial score (nSPS) is 14.0. The zero-order valence-electron chi connectivity index (χ0n) is 27.2. The lowest BCUT2D eigenvalue weighted by Gasteiger charge is -2.18. The molecule has 0 aliphatic heterocycles. The number of H-pyrrole nitrogens is 1. The zero-order valence-corrected chi connectivity index (χ0v) is 28.0. The highest BCUT2D eigenvalue weighted by Crippen LogP contribution is 2.30. The van der Waals surface area contributed by atoms with E-state index in [1.807, 2.05) is 0 Å². The minimum atomic E-state index is -4.00. The van der Waals surface area contributed by atoms with Gasteiger partial charge < -0.3 is 20.5 Å². The first-order chi connectivity index (χ1) is 23.1. The fourth-order valence-electron chi connectivity index (χ4n) is 6.30. The van der Waals surface area contributed by atoms with Crippen LogP contribution in [0.15, 0.2) is 107 Å². The van der Waals surface area contributed by atoms with E-state index in [1.165, 1.54) is 57.6 Å². The standard InChI is InChI=1S/C24H28N2O3.C9H8.C6H6O3S/c1-3-14-9-16-11-18(12-17(16)10-15(14)4-2)25-13-22(28)19-5-7-21(27)24-20(19)6-8-23(29)26-24;1-2-5-9-7-3-6-8(9)4-1;7-10(8,9)6-4-2-1-3-5-6/h5-10,18,22,25,27-28H,3-4,11-13H2,1-2H3,(H,26,29);1-6H,7H2;1-5H,(H,7,8,9)/t22-;;/m0../s1. The molecule has 0 saturated heterocycles. The van der Waals surface area contributed by atoms with Gasteiger partial charge in [0, 0.05) is 24.0 Å². The molecule has 0 unspecified atom stereocenters. The molecular weight excluding hydrogens is 625 g/mol. The van der Waals surface area contributed by atoms with Crippen LogP contribution in [0.1, 0.15) is 58.9 Å². The molecule has 1 heterocycles. The Bertz CT molecular complexity index is 2040. The maximum Gasteiger partial charge on any atom is 0.294 e. The molecule has 5 aromatic rings. The lowest BCUT2D eigenvalue weighted by Crippen LogP contribution is -2.33. The minimum absolute atomic E-state index is 0.00584. The largest absolute Gasteiger partial charge is 0.506 e. The Morgan fingerprint density at radius 1 is 0.854 bits per heavy atom. The Kier molecular flexibility index (Phi) is 11.3. The molecule has 1 aromatic heterocycles. The van der Waals surface area contributed by atoms with E-state index in [4.69, 9.17) is 4.55 Å². The molecular formula is C39H42N2O6S. The summed E-state index contributed by atoms with van der Waals surface area (Å²) in [5.74, 6) is 0.00584. The molecule has 9 heteroatoms. The Labute approximate surface area is 281 Å². The molecule has 7 rings (SSSR count). The summed E-state index contributed by atoms with van der Waals surface area (Å²) in [6.07, 6.45) is 8.83. The first kappa shape index (κ1) is 34.8. The second-order valence-electron chi connectivity index (χ2n) is 12.0. The van der Waals surface area contributed by atoms with E-state index in [1.54, 1.807) is 30.3 Å². The molecule has 48 heavy (non-hydrogen) atoms. The summed E-state index contributed by atoms with van der Waals surface area (Å²) in [6.45, 7) is 4.83. The summed E-state index contributed by atoms with van der Waals surface area (Å²) in [4.78, 5) is 14.1. The molecule has 0 radical (unpaired) electrons. The van der Waals surface area contributed by atoms with Gasteiger partial charge in [-0.25, -0.2) is 0 Å². The maximum absolute atomic E-state index is 11.6. The summed E-state index contributed by atoms with van der Waals surface area (Å²) in [6, 6.07) is 27.2. The third-order valence-corrected chi connectivity index (χ3v) is 9.68. The Hall–Kier alpha value is -4.54. The molecule has 0 amide bonds. The van der Waals surface area contributed by atoms with Gasteiger partial charge in [0.1, 0.15) is 5.75 Å². The first-order valence-corrected chi connectivity index (χ1v) is 17.7. The minimum Gasteiger partial charge on any atom is -0.506 e. The van der Waals surface area contributed by atoms with Gasteiger partial charge in [0.2, 0.25) is 5.56 Å². The molecule has 8 nitrogen and oxygen atoms in total. The van der Waals surface area contributed by atoms with E-state index >= 15 is 0 Å². The summed E-state index contributed by atoms with van der Waals surface area (Å²) in [7, 11) is -4.00. The highest BCUT2D eigenvalue weighted by molar-refractivity contribution is 7.85. The Morgan fingerprint density at radius 2 is 1.50 bits per heavy atom. The van der Waals surface area contributed by atoms with Crippen LogP contribution in [-0.2, 0) is 42.2 Å². The van der Waals surface area contributed by atoms with Crippen molar-refractivity contribution in [2.24, 2.45) is 0 Å². The molecule has 2 aliphatic carbocycles. The summed E-state index contributed by atoms with van der Waals surface area (Å²) < 4.78 is 29.2. The van der Waals surface area contributed by atoms with Crippen LogP contribution in [0.25, 0.3) is 17.0 Å². The number of aromatic hydroxyl groups is 1. The Balaban J connectivity index is 0.000000191. The topological polar surface area (TPSA) is 140 Å². The number of benzene rings is 4. The highest BCUT2D eigenvalue weighted by Gasteiger charge is 2.24. The molecule has 4 aromatic carbocycles. The van der Waals surface area contributed by atoms with Gasteiger partial charge in [-0.2, -0.15) is 8.42 Å². The predicted molar refractivity (Wildman–Crippen MR) is 191 cm³/mol. The van der Waals surface area contributed by atoms with Gasteiger partial charge in [0.15, 0.2) is 0 Å². The van der Waals surface area contributed by atoms with Gasteiger partial charge in [0.25, 0.3) is 10.1 Å². The second kappa shape index (κ2) is 15.6. The maximum atomic E-state index is 11.6. The molecule has 1 atom stereocenters. The number of rotatable bonds is 7. The van der Waals surface area contributed by atoms with Crippen molar-refractivity contribution in [3.05, 3.63) is 146 Å². The average Bonchev–Trinajstić information content (AvgIpc) is 3.74. The van der Waals surface area contributed by atoms with Crippen molar-refractivity contribution in [2.45, 2.75) is 63.0 Å². The average molecular weight is 667 g/mol. The number of hydrogen-bond acceptors (Lipinski definition) is 6. The van der Waals surface area contributed by atoms with Gasteiger partial charge in [-0.15, -0.1) is 0 Å². The third-order valence-electron chi connectivity index (χ3n) is 8.81. The monoisotopic (exact) mass is 666 g/mol. The number of phenols is 1. The summed E-state index contributed by atoms with van der Waals surface area (Å²) in [5.41, 5.74) is 9.33. The van der Waals surface area contributed by atoms with Crippen molar-refractivity contribution in [3.8, 4) is 5.75 Å². The number of aromatic nitrogens is 1. The third kappa shape index (κ3) is 8.48. The predicted octanol–water partition coefficient (Wildman–Crippen LogP) is 6.34. The van der Waals surface area contributed by atoms with E-state index in [-0.39, 0.29) is 16.2 Å². The molecule has 2 aliphatic rings. The van der Waals surface area contributed by atoms with Crippen LogP contribution in [0.4, 0.5) is 0 Å². The second-order valence-corrected chi connectivity index (χ2v) is 13.4. The van der Waals surface area contributed by atoms with Crippen LogP contribution >= 0.6 is 0 Å². The summed E-state index contributed by atoms with van der Waals surface area (Å²) in [5, 5.41) is 25.0. The van der Waals surface area contributed by atoms with Gasteiger partial charge in [-0.1, -0.05) is 86.7 Å². The zero-order chi connectivity index (χ0) is 34.3. The lowest BCUT2D eigenvalue weighted by atomic mass is 9.97. The van der Waals surface area contributed by atoms with Crippen LogP contribution in [0, 0.1) is 0 Å². The van der Waals surface area contributed by atoms with Crippen molar-refractivity contribution in [1.29, 1.82) is 0 Å². The van der Waals surface area contributed by atoms with Crippen molar-refractivity contribution in [2.75, 3.05) is 6.54 Å². The van der Waals surface area contributed by atoms with Crippen LogP contribution in [-0.4, -0.2) is 40.8 Å². The smallest absolute Gasteiger partial charge is 0.294 e. The van der Waals surface area contributed by atoms with Gasteiger partial charge in [-0.05, 0) is 95.3 Å². The van der Waals surface area contributed by atoms with Gasteiger partial charge in [-0.3, -0.25) is 9.35 Å². The van der Waals surface area contributed by atoms with Crippen molar-refractivity contribution < 1.29 is 23.2 Å². The van der Waals surface area contributed by atoms with E-state index in [0.717, 1.165) is 32.1 Å². The molecule has 0 saturated carbocycles. The van der Waals surface area contributed by atoms with E-state index in [2.05, 4.69) is 72.7 Å². The quantitative estimate of drug-likeness (QED) is 0.128. The SMILES string of the molecule is C1=Cc2ccccc2C1.CCc1cc2c(cc1CC)CC(NC[C@H](O)c1ccc(O)c3[nH]c(=O)ccc13)C2.O=S(=O)(O)c1ccccc1. The number of fused-ring (bicyclic) bond motifs is 3. The fraction of sp³-hybridized carbons (Fsp3) is 0.256. The fourth-order valence-corrected chi connectivity index (χ4v) is 6.80. The van der Waals surface area contributed by atoms with Gasteiger partial charge in [0.05, 0.1) is 16.5 Å². The number of nitrogens with one attached hydrogen (secondary N) is 2. The van der Waals surface area contributed by atoms with Crippen LogP contribution in [0.5, 0.6) is 5.75 Å². The molecule has 250 valence electrons. The van der Waals surface area contributed by atoms with Crippen LogP contribution in [0.2, 0.25) is 0 Å². The van der Waals surface area contributed by atoms with E-state index in [9.17, 15) is 23.4 Å². The number of aliphatic hydroxyl groups is 1. The van der Waals surface area contributed by atoms with Gasteiger partial charge >= 0.3 is 0 Å². The highest BCUT2D eigenvalue weighted by atomic mass is 32.2. The number of hydrogen-bond donors (Lipinski definition) is 5. The number of allylic oxidation sites excluding steroid dienone is 1. The van der Waals surface area contributed by atoms with Crippen molar-refractivity contribution in [3.63, 3.8) is 0 Å². The molecule has 0 bridgehead atoms. The molecule has 0 spiro atoms. The lowest BCUT2D eigenvalue weighted by molar-refractivity contribution is 0.171. The van der Waals surface area contributed by atoms with Crippen molar-refractivity contribution >= 4 is 27.1 Å². The molecule has 5 N–H and O–H groups in total. The number of phenolic OH excluding ortho intramolecular Hbond substituents is 1. The van der Waals surface area contributed by atoms with E-state index in [0.29, 0.717) is 29.1 Å². The van der Waals surface area contributed by atoms with Crippen molar-refractivity contribution in [1.82, 2.24) is 10.3 Å². The van der Waals surface area contributed by atoms with E-state index < -0.39 is 16.2 Å². The number of aryl methyl sites for hydroxylation is 2. The number of aliphatic hydroxyl groups excluding tert-OH is 1. The van der Waals surface area contributed by atoms with Crippen LogP contribution in [0.3, 0.4) is 0 Å². The van der Waals surface area contributed by atoms with Crippen LogP contribution < -0.4 is 10.9 Å². The molecule has 0 fully saturated rings. The number of pyridine rings is 1.